The third-order valence-electron chi connectivity index (χ3n) is 2.87. The highest BCUT2D eigenvalue weighted by molar-refractivity contribution is 14.0. The van der Waals surface area contributed by atoms with Crippen LogP contribution in [0.5, 0.6) is 0 Å². The number of halogens is 1. The van der Waals surface area contributed by atoms with Crippen LogP contribution in [0, 0.1) is 5.92 Å². The van der Waals surface area contributed by atoms with Crippen molar-refractivity contribution in [3.8, 4) is 0 Å². The van der Waals surface area contributed by atoms with Crippen LogP contribution in [0.1, 0.15) is 25.3 Å². The van der Waals surface area contributed by atoms with Gasteiger partial charge >= 0.3 is 0 Å². The Hall–Kier alpha value is -0.850. The van der Waals surface area contributed by atoms with Gasteiger partial charge in [0.15, 0.2) is 5.96 Å². The van der Waals surface area contributed by atoms with Crippen molar-refractivity contribution in [1.29, 1.82) is 0 Å². The lowest BCUT2D eigenvalue weighted by Gasteiger charge is -2.22. The van der Waals surface area contributed by atoms with Crippen LogP contribution in [0.4, 0.5) is 0 Å². The molecule has 1 aromatic rings. The van der Waals surface area contributed by atoms with Crippen LogP contribution in [0.3, 0.4) is 0 Å². The first-order valence-corrected chi connectivity index (χ1v) is 5.97. The third kappa shape index (κ3) is 5.20. The molecular weight excluding hydrogens is 339 g/mol. The van der Waals surface area contributed by atoms with Gasteiger partial charge in [0.1, 0.15) is 0 Å². The van der Waals surface area contributed by atoms with Crippen LogP contribution in [0.15, 0.2) is 29.5 Å². The van der Waals surface area contributed by atoms with Gasteiger partial charge in [-0.15, -0.1) is 24.0 Å². The molecule has 0 saturated heterocycles. The summed E-state index contributed by atoms with van der Waals surface area (Å²) in [5, 5.41) is 6.33. The van der Waals surface area contributed by atoms with Gasteiger partial charge < -0.3 is 10.6 Å². The molecule has 1 heterocycles. The molecule has 1 unspecified atom stereocenters. The van der Waals surface area contributed by atoms with Gasteiger partial charge in [0, 0.05) is 39.0 Å². The van der Waals surface area contributed by atoms with Crippen molar-refractivity contribution in [3.05, 3.63) is 30.1 Å². The average molecular weight is 362 g/mol. The maximum absolute atomic E-state index is 4.18. The van der Waals surface area contributed by atoms with E-state index in [4.69, 9.17) is 0 Å². The van der Waals surface area contributed by atoms with Crippen molar-refractivity contribution < 1.29 is 0 Å². The van der Waals surface area contributed by atoms with Crippen LogP contribution in [0.2, 0.25) is 0 Å². The normalized spacial score (nSPS) is 12.8. The van der Waals surface area contributed by atoms with Crippen molar-refractivity contribution in [2.45, 2.75) is 19.8 Å². The summed E-state index contributed by atoms with van der Waals surface area (Å²) in [6.45, 7) is 5.31. The number of nitrogens with zero attached hydrogens (tertiary/aromatic N) is 2. The van der Waals surface area contributed by atoms with E-state index in [1.165, 1.54) is 5.56 Å². The fraction of sp³-hybridized carbons (Fsp3) is 0.538. The molecule has 0 radical (unpaired) electrons. The zero-order valence-corrected chi connectivity index (χ0v) is 13.8. The monoisotopic (exact) mass is 362 g/mol. The SMILES string of the molecule is CN=C(NC)NCC(c1cccnc1)C(C)C.I. The Morgan fingerprint density at radius 3 is 2.61 bits per heavy atom. The fourth-order valence-electron chi connectivity index (χ4n) is 1.82. The van der Waals surface area contributed by atoms with Crippen LogP contribution in [0.25, 0.3) is 0 Å². The molecular formula is C13H23IN4. The summed E-state index contributed by atoms with van der Waals surface area (Å²) in [5.41, 5.74) is 1.27. The van der Waals surface area contributed by atoms with Crippen molar-refractivity contribution in [1.82, 2.24) is 15.6 Å². The molecule has 0 aromatic carbocycles. The van der Waals surface area contributed by atoms with E-state index < -0.39 is 0 Å². The van der Waals surface area contributed by atoms with E-state index >= 15 is 0 Å². The van der Waals surface area contributed by atoms with Gasteiger partial charge in [-0.2, -0.15) is 0 Å². The summed E-state index contributed by atoms with van der Waals surface area (Å²) >= 11 is 0. The maximum Gasteiger partial charge on any atom is 0.190 e. The van der Waals surface area contributed by atoms with Crippen LogP contribution in [-0.2, 0) is 0 Å². The lowest BCUT2D eigenvalue weighted by molar-refractivity contribution is 0.487. The molecule has 0 aliphatic rings. The lowest BCUT2D eigenvalue weighted by atomic mass is 9.89. The topological polar surface area (TPSA) is 49.3 Å². The first kappa shape index (κ1) is 17.2. The Morgan fingerprint density at radius 2 is 2.17 bits per heavy atom. The average Bonchev–Trinajstić information content (AvgIpc) is 2.35. The van der Waals surface area contributed by atoms with Crippen molar-refractivity contribution in [2.24, 2.45) is 10.9 Å². The molecule has 5 heteroatoms. The molecule has 0 bridgehead atoms. The molecule has 1 aromatic heterocycles. The molecule has 4 nitrogen and oxygen atoms in total. The Balaban J connectivity index is 0.00000289. The Morgan fingerprint density at radius 1 is 1.44 bits per heavy atom. The Bertz CT molecular complexity index is 351. The zero-order valence-electron chi connectivity index (χ0n) is 11.5. The van der Waals surface area contributed by atoms with E-state index in [0.29, 0.717) is 11.8 Å². The number of guanidine groups is 1. The van der Waals surface area contributed by atoms with Crippen molar-refractivity contribution in [2.75, 3.05) is 20.6 Å². The summed E-state index contributed by atoms with van der Waals surface area (Å²) in [4.78, 5) is 8.29. The summed E-state index contributed by atoms with van der Waals surface area (Å²) < 4.78 is 0. The van der Waals surface area contributed by atoms with Gasteiger partial charge in [-0.3, -0.25) is 9.98 Å². The summed E-state index contributed by atoms with van der Waals surface area (Å²) in [6, 6.07) is 4.11. The van der Waals surface area contributed by atoms with Gasteiger partial charge in [-0.05, 0) is 17.5 Å². The molecule has 1 atom stereocenters. The number of nitrogens with one attached hydrogen (secondary N) is 2. The molecule has 1 rings (SSSR count). The molecule has 0 amide bonds. The van der Waals surface area contributed by atoms with E-state index in [0.717, 1.165) is 12.5 Å². The standard InChI is InChI=1S/C13H22N4.HI/c1-10(2)12(9-17-13(14-3)15-4)11-6-5-7-16-8-11;/h5-8,10,12H,9H2,1-4H3,(H2,14,15,17);1H. The van der Waals surface area contributed by atoms with Crippen LogP contribution in [-0.4, -0.2) is 31.6 Å². The predicted molar refractivity (Wildman–Crippen MR) is 87.7 cm³/mol. The number of rotatable bonds is 4. The zero-order chi connectivity index (χ0) is 12.7. The third-order valence-corrected chi connectivity index (χ3v) is 2.87. The molecule has 0 saturated carbocycles. The fourth-order valence-corrected chi connectivity index (χ4v) is 1.82. The molecule has 18 heavy (non-hydrogen) atoms. The highest BCUT2D eigenvalue weighted by Gasteiger charge is 2.16. The van der Waals surface area contributed by atoms with E-state index in [1.54, 1.807) is 13.2 Å². The Labute approximate surface area is 127 Å². The van der Waals surface area contributed by atoms with Crippen LogP contribution < -0.4 is 10.6 Å². The first-order valence-electron chi connectivity index (χ1n) is 5.97. The maximum atomic E-state index is 4.18. The van der Waals surface area contributed by atoms with Crippen molar-refractivity contribution in [3.63, 3.8) is 0 Å². The van der Waals surface area contributed by atoms with E-state index in [1.807, 2.05) is 19.3 Å². The first-order chi connectivity index (χ1) is 8.19. The second kappa shape index (κ2) is 9.13. The minimum Gasteiger partial charge on any atom is -0.359 e. The molecule has 2 N–H and O–H groups in total. The highest BCUT2D eigenvalue weighted by atomic mass is 127. The Kier molecular flexibility index (Phi) is 8.70. The number of hydrogen-bond donors (Lipinski definition) is 2. The minimum atomic E-state index is 0. The van der Waals surface area contributed by atoms with Gasteiger partial charge in [-0.1, -0.05) is 19.9 Å². The summed E-state index contributed by atoms with van der Waals surface area (Å²) in [5.74, 6) is 1.81. The lowest BCUT2D eigenvalue weighted by Crippen LogP contribution is -2.38. The largest absolute Gasteiger partial charge is 0.359 e. The second-order valence-corrected chi connectivity index (χ2v) is 4.34. The number of aromatic nitrogens is 1. The van der Waals surface area contributed by atoms with Gasteiger partial charge in [0.25, 0.3) is 0 Å². The molecule has 0 spiro atoms. The number of pyridine rings is 1. The molecule has 102 valence electrons. The van der Waals surface area contributed by atoms with Gasteiger partial charge in [-0.25, -0.2) is 0 Å². The highest BCUT2D eigenvalue weighted by Crippen LogP contribution is 2.22. The van der Waals surface area contributed by atoms with E-state index in [2.05, 4.69) is 40.5 Å². The summed E-state index contributed by atoms with van der Waals surface area (Å²) in [6.07, 6.45) is 3.75. The van der Waals surface area contributed by atoms with Crippen molar-refractivity contribution >= 4 is 29.9 Å². The molecule has 0 aliphatic carbocycles. The quantitative estimate of drug-likeness (QED) is 0.491. The summed E-state index contributed by atoms with van der Waals surface area (Å²) in [7, 11) is 3.64. The van der Waals surface area contributed by atoms with E-state index in [9.17, 15) is 0 Å². The molecule has 0 aliphatic heterocycles. The van der Waals surface area contributed by atoms with E-state index in [-0.39, 0.29) is 24.0 Å². The van der Waals surface area contributed by atoms with Crippen LogP contribution >= 0.6 is 24.0 Å². The second-order valence-electron chi connectivity index (χ2n) is 4.34. The predicted octanol–water partition coefficient (Wildman–Crippen LogP) is 2.23. The minimum absolute atomic E-state index is 0. The van der Waals surface area contributed by atoms with Gasteiger partial charge in [0.05, 0.1) is 0 Å². The van der Waals surface area contributed by atoms with Gasteiger partial charge in [0.2, 0.25) is 0 Å². The number of hydrogen-bond acceptors (Lipinski definition) is 2. The number of aliphatic imine (C=N–C) groups is 1. The molecule has 0 fully saturated rings. The smallest absolute Gasteiger partial charge is 0.190 e.